The normalized spacial score (nSPS) is 16.7. The summed E-state index contributed by atoms with van der Waals surface area (Å²) in [6, 6.07) is 9.54. The molecule has 1 fully saturated rings. The highest BCUT2D eigenvalue weighted by Gasteiger charge is 2.23. The molecule has 4 nitrogen and oxygen atoms in total. The van der Waals surface area contributed by atoms with E-state index in [0.717, 1.165) is 31.6 Å². The SMILES string of the molecule is CC(C)OC1CCN(C(=O)Nc2ccccc2)CC1. The molecule has 1 aliphatic heterocycles. The number of hydrogen-bond donors (Lipinski definition) is 1. The Balaban J connectivity index is 1.79. The summed E-state index contributed by atoms with van der Waals surface area (Å²) in [7, 11) is 0. The number of rotatable bonds is 3. The Morgan fingerprint density at radius 2 is 1.89 bits per heavy atom. The molecule has 1 aliphatic rings. The van der Waals surface area contributed by atoms with Crippen LogP contribution in [0.5, 0.6) is 0 Å². The number of likely N-dealkylation sites (tertiary alicyclic amines) is 1. The third-order valence-corrected chi connectivity index (χ3v) is 3.22. The summed E-state index contributed by atoms with van der Waals surface area (Å²) in [5.41, 5.74) is 0.841. The Morgan fingerprint density at radius 3 is 2.47 bits per heavy atom. The van der Waals surface area contributed by atoms with E-state index >= 15 is 0 Å². The van der Waals surface area contributed by atoms with Crippen LogP contribution in [0.25, 0.3) is 0 Å². The number of hydrogen-bond acceptors (Lipinski definition) is 2. The molecule has 1 aromatic carbocycles. The van der Waals surface area contributed by atoms with Gasteiger partial charge in [0.25, 0.3) is 0 Å². The van der Waals surface area contributed by atoms with Crippen LogP contribution < -0.4 is 5.32 Å². The molecular weight excluding hydrogens is 240 g/mol. The zero-order valence-corrected chi connectivity index (χ0v) is 11.6. The molecule has 0 bridgehead atoms. The highest BCUT2D eigenvalue weighted by molar-refractivity contribution is 5.89. The molecule has 0 radical (unpaired) electrons. The molecule has 104 valence electrons. The van der Waals surface area contributed by atoms with E-state index in [0.29, 0.717) is 6.10 Å². The number of nitrogens with zero attached hydrogens (tertiary/aromatic N) is 1. The Bertz CT molecular complexity index is 398. The molecule has 2 amide bonds. The number of amides is 2. The summed E-state index contributed by atoms with van der Waals surface area (Å²) in [5.74, 6) is 0. The maximum atomic E-state index is 12.1. The van der Waals surface area contributed by atoms with Crippen LogP contribution >= 0.6 is 0 Å². The summed E-state index contributed by atoms with van der Waals surface area (Å²) >= 11 is 0. The van der Waals surface area contributed by atoms with Crippen LogP contribution in [0.3, 0.4) is 0 Å². The fraction of sp³-hybridized carbons (Fsp3) is 0.533. The van der Waals surface area contributed by atoms with Crippen LogP contribution in [0, 0.1) is 0 Å². The first-order chi connectivity index (χ1) is 9.15. The van der Waals surface area contributed by atoms with E-state index in [2.05, 4.69) is 19.2 Å². The van der Waals surface area contributed by atoms with E-state index in [-0.39, 0.29) is 12.1 Å². The van der Waals surface area contributed by atoms with Crippen molar-refractivity contribution in [2.24, 2.45) is 0 Å². The van der Waals surface area contributed by atoms with Crippen molar-refractivity contribution < 1.29 is 9.53 Å². The molecule has 4 heteroatoms. The van der Waals surface area contributed by atoms with Crippen molar-refractivity contribution in [1.82, 2.24) is 4.90 Å². The van der Waals surface area contributed by atoms with E-state index < -0.39 is 0 Å². The molecule has 0 unspecified atom stereocenters. The van der Waals surface area contributed by atoms with E-state index in [9.17, 15) is 4.79 Å². The van der Waals surface area contributed by atoms with Crippen molar-refractivity contribution in [2.45, 2.75) is 38.9 Å². The van der Waals surface area contributed by atoms with Crippen molar-refractivity contribution >= 4 is 11.7 Å². The van der Waals surface area contributed by atoms with Crippen molar-refractivity contribution in [2.75, 3.05) is 18.4 Å². The average molecular weight is 262 g/mol. The number of para-hydroxylation sites is 1. The standard InChI is InChI=1S/C15H22N2O2/c1-12(2)19-14-8-10-17(11-9-14)15(18)16-13-6-4-3-5-7-13/h3-7,12,14H,8-11H2,1-2H3,(H,16,18). The smallest absolute Gasteiger partial charge is 0.321 e. The zero-order valence-electron chi connectivity index (χ0n) is 11.6. The monoisotopic (exact) mass is 262 g/mol. The Labute approximate surface area is 114 Å². The molecule has 1 N–H and O–H groups in total. The van der Waals surface area contributed by atoms with Gasteiger partial charge in [-0.2, -0.15) is 0 Å². The minimum atomic E-state index is -0.0193. The van der Waals surface area contributed by atoms with Crippen LogP contribution in [0.2, 0.25) is 0 Å². The fourth-order valence-electron chi connectivity index (χ4n) is 2.30. The topological polar surface area (TPSA) is 41.6 Å². The number of urea groups is 1. The Kier molecular flexibility index (Phi) is 4.80. The van der Waals surface area contributed by atoms with Gasteiger partial charge >= 0.3 is 6.03 Å². The van der Waals surface area contributed by atoms with Crippen LogP contribution in [0.15, 0.2) is 30.3 Å². The minimum absolute atomic E-state index is 0.0193. The van der Waals surface area contributed by atoms with Crippen LogP contribution in [0.1, 0.15) is 26.7 Å². The summed E-state index contributed by atoms with van der Waals surface area (Å²) in [6.07, 6.45) is 2.39. The van der Waals surface area contributed by atoms with Crippen LogP contribution in [0.4, 0.5) is 10.5 Å². The highest BCUT2D eigenvalue weighted by Crippen LogP contribution is 2.16. The summed E-state index contributed by atoms with van der Waals surface area (Å²) in [4.78, 5) is 13.9. The molecule has 19 heavy (non-hydrogen) atoms. The van der Waals surface area contributed by atoms with E-state index in [4.69, 9.17) is 4.74 Å². The molecule has 0 aromatic heterocycles. The molecule has 0 saturated carbocycles. The molecule has 0 aliphatic carbocycles. The van der Waals surface area contributed by atoms with Gasteiger partial charge < -0.3 is 15.0 Å². The van der Waals surface area contributed by atoms with Gasteiger partial charge in [-0.1, -0.05) is 18.2 Å². The van der Waals surface area contributed by atoms with E-state index in [1.165, 1.54) is 0 Å². The van der Waals surface area contributed by atoms with Crippen LogP contribution in [-0.4, -0.2) is 36.2 Å². The number of ether oxygens (including phenoxy) is 1. The maximum Gasteiger partial charge on any atom is 0.321 e. The molecule has 0 spiro atoms. The molecular formula is C15H22N2O2. The minimum Gasteiger partial charge on any atom is -0.375 e. The number of piperidine rings is 1. The first-order valence-corrected chi connectivity index (χ1v) is 6.91. The third kappa shape index (κ3) is 4.24. The molecule has 1 saturated heterocycles. The second-order valence-corrected chi connectivity index (χ2v) is 5.17. The average Bonchev–Trinajstić information content (AvgIpc) is 2.40. The van der Waals surface area contributed by atoms with Gasteiger partial charge in [0.05, 0.1) is 12.2 Å². The first kappa shape index (κ1) is 13.9. The van der Waals surface area contributed by atoms with Crippen molar-refractivity contribution in [3.8, 4) is 0 Å². The number of anilines is 1. The second kappa shape index (κ2) is 6.57. The number of carbonyl (C=O) groups is 1. The van der Waals surface area contributed by atoms with Crippen molar-refractivity contribution in [1.29, 1.82) is 0 Å². The lowest BCUT2D eigenvalue weighted by Crippen LogP contribution is -2.43. The van der Waals surface area contributed by atoms with Gasteiger partial charge in [-0.3, -0.25) is 0 Å². The lowest BCUT2D eigenvalue weighted by atomic mass is 10.1. The van der Waals surface area contributed by atoms with Gasteiger partial charge in [-0.15, -0.1) is 0 Å². The number of carbonyl (C=O) groups excluding carboxylic acids is 1. The van der Waals surface area contributed by atoms with Crippen LogP contribution in [-0.2, 0) is 4.74 Å². The molecule has 1 aromatic rings. The zero-order chi connectivity index (χ0) is 13.7. The predicted molar refractivity (Wildman–Crippen MR) is 76.3 cm³/mol. The van der Waals surface area contributed by atoms with Crippen molar-refractivity contribution in [3.05, 3.63) is 30.3 Å². The van der Waals surface area contributed by atoms with E-state index in [1.807, 2.05) is 35.2 Å². The summed E-state index contributed by atoms with van der Waals surface area (Å²) < 4.78 is 5.78. The van der Waals surface area contributed by atoms with Gasteiger partial charge in [0.15, 0.2) is 0 Å². The highest BCUT2D eigenvalue weighted by atomic mass is 16.5. The van der Waals surface area contributed by atoms with Gasteiger partial charge in [-0.25, -0.2) is 4.79 Å². The number of benzene rings is 1. The quantitative estimate of drug-likeness (QED) is 0.909. The molecule has 0 atom stereocenters. The predicted octanol–water partition coefficient (Wildman–Crippen LogP) is 3.11. The van der Waals surface area contributed by atoms with Gasteiger partial charge in [0, 0.05) is 18.8 Å². The second-order valence-electron chi connectivity index (χ2n) is 5.17. The maximum absolute atomic E-state index is 12.1. The molecule has 1 heterocycles. The first-order valence-electron chi connectivity index (χ1n) is 6.91. The molecule has 2 rings (SSSR count). The summed E-state index contributed by atoms with van der Waals surface area (Å²) in [6.45, 7) is 5.62. The third-order valence-electron chi connectivity index (χ3n) is 3.22. The van der Waals surface area contributed by atoms with Crippen molar-refractivity contribution in [3.63, 3.8) is 0 Å². The van der Waals surface area contributed by atoms with Gasteiger partial charge in [0.1, 0.15) is 0 Å². The van der Waals surface area contributed by atoms with E-state index in [1.54, 1.807) is 0 Å². The largest absolute Gasteiger partial charge is 0.375 e. The lowest BCUT2D eigenvalue weighted by Gasteiger charge is -2.32. The lowest BCUT2D eigenvalue weighted by molar-refractivity contribution is -0.0204. The van der Waals surface area contributed by atoms with Gasteiger partial charge in [0.2, 0.25) is 0 Å². The summed E-state index contributed by atoms with van der Waals surface area (Å²) in [5, 5.41) is 2.91. The number of nitrogens with one attached hydrogen (secondary N) is 1. The Morgan fingerprint density at radius 1 is 1.26 bits per heavy atom. The Hall–Kier alpha value is -1.55. The fourth-order valence-corrected chi connectivity index (χ4v) is 2.30. The van der Waals surface area contributed by atoms with Gasteiger partial charge in [-0.05, 0) is 38.8 Å².